The van der Waals surface area contributed by atoms with E-state index in [1.54, 1.807) is 12.3 Å². The summed E-state index contributed by atoms with van der Waals surface area (Å²) in [5.74, 6) is 0.592. The van der Waals surface area contributed by atoms with E-state index < -0.39 is 0 Å². The second-order valence-corrected chi connectivity index (χ2v) is 8.08. The molecular formula is C19H20BrN5O3. The first-order chi connectivity index (χ1) is 13.5. The zero-order valence-corrected chi connectivity index (χ0v) is 16.7. The van der Waals surface area contributed by atoms with Gasteiger partial charge in [0.1, 0.15) is 11.9 Å². The number of hydrogen-bond acceptors (Lipinski definition) is 7. The molecule has 1 aliphatic carbocycles. The van der Waals surface area contributed by atoms with Crippen LogP contribution in [0.15, 0.2) is 21.2 Å². The molecule has 0 aromatic carbocycles. The van der Waals surface area contributed by atoms with Crippen molar-refractivity contribution < 1.29 is 14.0 Å². The third kappa shape index (κ3) is 3.88. The summed E-state index contributed by atoms with van der Waals surface area (Å²) in [7, 11) is 0. The number of imide groups is 1. The normalized spacial score (nSPS) is 25.4. The first-order valence-electron chi connectivity index (χ1n) is 9.38. The summed E-state index contributed by atoms with van der Waals surface area (Å²) in [6.07, 6.45) is 6.37. The SMILES string of the molecule is N#Cc1cc2c(Br)c(NC3CCC(N[C@@H]4CCC(=O)NC4=O)CC3)ncc2o1. The maximum absolute atomic E-state index is 11.9. The predicted octanol–water partition coefficient (Wildman–Crippen LogP) is 2.58. The molecule has 3 heterocycles. The van der Waals surface area contributed by atoms with E-state index in [0.29, 0.717) is 18.4 Å². The molecule has 146 valence electrons. The van der Waals surface area contributed by atoms with Gasteiger partial charge < -0.3 is 15.1 Å². The molecule has 3 N–H and O–H groups in total. The van der Waals surface area contributed by atoms with Crippen molar-refractivity contribution in [3.8, 4) is 6.07 Å². The van der Waals surface area contributed by atoms with Crippen molar-refractivity contribution >= 4 is 44.5 Å². The Hall–Kier alpha value is -2.44. The Balaban J connectivity index is 1.34. The summed E-state index contributed by atoms with van der Waals surface area (Å²) in [4.78, 5) is 27.6. The minimum Gasteiger partial charge on any atom is -0.444 e. The van der Waals surface area contributed by atoms with Crippen molar-refractivity contribution in [3.63, 3.8) is 0 Å². The number of nitrogens with one attached hydrogen (secondary N) is 3. The number of nitrogens with zero attached hydrogens (tertiary/aromatic N) is 2. The lowest BCUT2D eigenvalue weighted by Gasteiger charge is -2.33. The Morgan fingerprint density at radius 3 is 2.68 bits per heavy atom. The summed E-state index contributed by atoms with van der Waals surface area (Å²) in [6, 6.07) is 3.98. The van der Waals surface area contributed by atoms with Crippen LogP contribution < -0.4 is 16.0 Å². The van der Waals surface area contributed by atoms with E-state index in [0.717, 1.165) is 41.4 Å². The average molecular weight is 446 g/mol. The van der Waals surface area contributed by atoms with Gasteiger partial charge in [0, 0.05) is 30.0 Å². The van der Waals surface area contributed by atoms with Crippen LogP contribution in [0.25, 0.3) is 11.0 Å². The molecule has 0 bridgehead atoms. The maximum Gasteiger partial charge on any atom is 0.243 e. The first-order valence-corrected chi connectivity index (χ1v) is 10.2. The van der Waals surface area contributed by atoms with E-state index in [1.807, 2.05) is 6.07 Å². The van der Waals surface area contributed by atoms with Crippen molar-refractivity contribution in [2.24, 2.45) is 0 Å². The molecule has 8 nitrogen and oxygen atoms in total. The molecule has 1 atom stereocenters. The van der Waals surface area contributed by atoms with E-state index >= 15 is 0 Å². The number of piperidine rings is 1. The second kappa shape index (κ2) is 7.89. The highest BCUT2D eigenvalue weighted by molar-refractivity contribution is 9.10. The number of rotatable bonds is 4. The van der Waals surface area contributed by atoms with Crippen molar-refractivity contribution in [1.82, 2.24) is 15.6 Å². The topological polar surface area (TPSA) is 120 Å². The Kier molecular flexibility index (Phi) is 5.33. The summed E-state index contributed by atoms with van der Waals surface area (Å²) in [5, 5.41) is 19.1. The van der Waals surface area contributed by atoms with Gasteiger partial charge in [-0.25, -0.2) is 4.98 Å². The van der Waals surface area contributed by atoms with Gasteiger partial charge in [-0.2, -0.15) is 5.26 Å². The lowest BCUT2D eigenvalue weighted by atomic mass is 9.90. The molecule has 0 unspecified atom stereocenters. The molecule has 2 aromatic heterocycles. The van der Waals surface area contributed by atoms with Crippen molar-refractivity contribution in [2.45, 2.75) is 56.7 Å². The van der Waals surface area contributed by atoms with Gasteiger partial charge in [-0.05, 0) is 48.0 Å². The number of fused-ring (bicyclic) bond motifs is 1. The zero-order valence-electron chi connectivity index (χ0n) is 15.1. The molecule has 1 saturated carbocycles. The quantitative estimate of drug-likeness (QED) is 0.618. The standard InChI is InChI=1S/C19H20BrN5O3/c20-17-13-7-12(8-21)28-15(13)9-22-18(17)24-11-3-1-10(2-4-11)23-14-5-6-16(26)25-19(14)27/h7,9-11,14,23H,1-6H2,(H,22,24)(H,25,26,27)/t10?,11?,14-/m1/s1. The second-order valence-electron chi connectivity index (χ2n) is 7.28. The summed E-state index contributed by atoms with van der Waals surface area (Å²) in [5.41, 5.74) is 0.575. The van der Waals surface area contributed by atoms with Gasteiger partial charge in [-0.15, -0.1) is 0 Å². The molecule has 4 rings (SSSR count). The summed E-state index contributed by atoms with van der Waals surface area (Å²) >= 11 is 3.56. The molecule has 2 amide bonds. The fraction of sp³-hybridized carbons (Fsp3) is 0.474. The highest BCUT2D eigenvalue weighted by atomic mass is 79.9. The van der Waals surface area contributed by atoms with Crippen LogP contribution >= 0.6 is 15.9 Å². The number of nitriles is 1. The van der Waals surface area contributed by atoms with E-state index in [-0.39, 0.29) is 35.7 Å². The van der Waals surface area contributed by atoms with Crippen molar-refractivity contribution in [3.05, 3.63) is 22.5 Å². The van der Waals surface area contributed by atoms with Gasteiger partial charge in [-0.1, -0.05) is 0 Å². The van der Waals surface area contributed by atoms with Crippen LogP contribution in [0.1, 0.15) is 44.3 Å². The molecule has 2 fully saturated rings. The van der Waals surface area contributed by atoms with Crippen LogP contribution in [0, 0.1) is 11.3 Å². The van der Waals surface area contributed by atoms with E-state index in [2.05, 4.69) is 36.9 Å². The highest BCUT2D eigenvalue weighted by Gasteiger charge is 2.30. The van der Waals surface area contributed by atoms with E-state index in [4.69, 9.17) is 9.68 Å². The number of halogens is 1. The third-order valence-corrected chi connectivity index (χ3v) is 6.17. The van der Waals surface area contributed by atoms with Gasteiger partial charge in [0.15, 0.2) is 5.58 Å². The molecule has 9 heteroatoms. The number of amides is 2. The summed E-state index contributed by atoms with van der Waals surface area (Å²) < 4.78 is 6.19. The molecular weight excluding hydrogens is 426 g/mol. The van der Waals surface area contributed by atoms with Crippen LogP contribution in [0.3, 0.4) is 0 Å². The number of carbonyl (C=O) groups is 2. The van der Waals surface area contributed by atoms with E-state index in [9.17, 15) is 9.59 Å². The molecule has 1 saturated heterocycles. The Labute approximate surface area is 170 Å². The number of furan rings is 1. The minimum atomic E-state index is -0.277. The lowest BCUT2D eigenvalue weighted by molar-refractivity contribution is -0.134. The van der Waals surface area contributed by atoms with E-state index in [1.165, 1.54) is 0 Å². The fourth-order valence-corrected chi connectivity index (χ4v) is 4.40. The Morgan fingerprint density at radius 1 is 1.21 bits per heavy atom. The minimum absolute atomic E-state index is 0.189. The molecule has 1 aliphatic heterocycles. The lowest BCUT2D eigenvalue weighted by Crippen LogP contribution is -2.54. The smallest absolute Gasteiger partial charge is 0.243 e. The highest BCUT2D eigenvalue weighted by Crippen LogP contribution is 2.33. The van der Waals surface area contributed by atoms with Gasteiger partial charge >= 0.3 is 0 Å². The number of aromatic nitrogens is 1. The van der Waals surface area contributed by atoms with Crippen LogP contribution in [0.4, 0.5) is 5.82 Å². The van der Waals surface area contributed by atoms with Crippen molar-refractivity contribution in [1.29, 1.82) is 5.26 Å². The third-order valence-electron chi connectivity index (χ3n) is 5.37. The number of pyridine rings is 1. The predicted molar refractivity (Wildman–Crippen MR) is 105 cm³/mol. The van der Waals surface area contributed by atoms with Crippen LogP contribution in [0.5, 0.6) is 0 Å². The van der Waals surface area contributed by atoms with Gasteiger partial charge in [0.25, 0.3) is 0 Å². The summed E-state index contributed by atoms with van der Waals surface area (Å²) in [6.45, 7) is 0. The van der Waals surface area contributed by atoms with Crippen LogP contribution in [-0.2, 0) is 9.59 Å². The largest absolute Gasteiger partial charge is 0.444 e. The van der Waals surface area contributed by atoms with Crippen LogP contribution in [-0.4, -0.2) is 34.9 Å². The van der Waals surface area contributed by atoms with Crippen LogP contribution in [0.2, 0.25) is 0 Å². The number of hydrogen-bond donors (Lipinski definition) is 3. The average Bonchev–Trinajstić information content (AvgIpc) is 3.12. The Morgan fingerprint density at radius 2 is 1.96 bits per heavy atom. The molecule has 2 aliphatic rings. The first kappa shape index (κ1) is 18.9. The van der Waals surface area contributed by atoms with Crippen molar-refractivity contribution in [2.75, 3.05) is 5.32 Å². The molecule has 28 heavy (non-hydrogen) atoms. The van der Waals surface area contributed by atoms with Gasteiger partial charge in [-0.3, -0.25) is 14.9 Å². The maximum atomic E-state index is 11.9. The molecule has 0 radical (unpaired) electrons. The fourth-order valence-electron chi connectivity index (χ4n) is 3.87. The van der Waals surface area contributed by atoms with Gasteiger partial charge in [0.2, 0.25) is 17.6 Å². The zero-order chi connectivity index (χ0) is 19.7. The Bertz CT molecular complexity index is 958. The van der Waals surface area contributed by atoms with Gasteiger partial charge in [0.05, 0.1) is 16.7 Å². The monoisotopic (exact) mass is 445 g/mol. The molecule has 2 aromatic rings. The molecule has 0 spiro atoms. The number of anilines is 1. The number of carbonyl (C=O) groups excluding carboxylic acids is 2.